The third-order valence-corrected chi connectivity index (χ3v) is 5.70. The average molecular weight is 480 g/mol. The number of rotatable bonds is 7. The van der Waals surface area contributed by atoms with Gasteiger partial charge in [-0.05, 0) is 57.7 Å². The second kappa shape index (κ2) is 10.3. The van der Waals surface area contributed by atoms with E-state index in [1.807, 2.05) is 0 Å². The molecule has 33 heavy (non-hydrogen) atoms. The van der Waals surface area contributed by atoms with Crippen LogP contribution in [0.25, 0.3) is 0 Å². The van der Waals surface area contributed by atoms with Gasteiger partial charge in [-0.25, -0.2) is 9.37 Å². The third kappa shape index (κ3) is 6.75. The molecule has 9 nitrogen and oxygen atoms in total. The number of hydrogen-bond donors (Lipinski definition) is 5. The minimum absolute atomic E-state index is 0.0148. The van der Waals surface area contributed by atoms with Gasteiger partial charge < -0.3 is 26.0 Å². The molecule has 1 aromatic heterocycles. The number of halogens is 2. The molecular weight excluding hydrogens is 453 g/mol. The second-order valence-corrected chi connectivity index (χ2v) is 9.16. The lowest BCUT2D eigenvalue weighted by Gasteiger charge is -2.28. The molecule has 0 radical (unpaired) electrons. The van der Waals surface area contributed by atoms with Crippen LogP contribution in [0.5, 0.6) is 0 Å². The molecule has 0 atom stereocenters. The van der Waals surface area contributed by atoms with Crippen molar-refractivity contribution in [3.05, 3.63) is 46.8 Å². The van der Waals surface area contributed by atoms with Gasteiger partial charge in [0.2, 0.25) is 5.91 Å². The summed E-state index contributed by atoms with van der Waals surface area (Å²) in [6, 6.07) is 3.61. The van der Waals surface area contributed by atoms with Crippen LogP contribution in [-0.2, 0) is 4.79 Å². The van der Waals surface area contributed by atoms with Gasteiger partial charge in [0.15, 0.2) is 5.69 Å². The van der Waals surface area contributed by atoms with Gasteiger partial charge >= 0.3 is 0 Å². The zero-order valence-corrected chi connectivity index (χ0v) is 19.1. The third-order valence-electron chi connectivity index (χ3n) is 5.39. The van der Waals surface area contributed by atoms with Crippen molar-refractivity contribution in [3.8, 4) is 0 Å². The summed E-state index contributed by atoms with van der Waals surface area (Å²) in [7, 11) is 0. The normalized spacial score (nSPS) is 18.5. The first-order valence-corrected chi connectivity index (χ1v) is 11.0. The lowest BCUT2D eigenvalue weighted by atomic mass is 9.85. The molecule has 5 N–H and O–H groups in total. The van der Waals surface area contributed by atoms with Crippen molar-refractivity contribution in [2.45, 2.75) is 51.2 Å². The Kier molecular flexibility index (Phi) is 7.70. The number of anilines is 1. The highest BCUT2D eigenvalue weighted by molar-refractivity contribution is 6.33. The van der Waals surface area contributed by atoms with E-state index in [0.717, 1.165) is 6.07 Å². The molecule has 0 unspecified atom stereocenters. The molecule has 0 aliphatic heterocycles. The van der Waals surface area contributed by atoms with Gasteiger partial charge in [0, 0.05) is 18.5 Å². The van der Waals surface area contributed by atoms with Gasteiger partial charge in [0.25, 0.3) is 11.8 Å². The number of amides is 3. The molecule has 1 aliphatic rings. The van der Waals surface area contributed by atoms with Gasteiger partial charge in [-0.3, -0.25) is 14.4 Å². The van der Waals surface area contributed by atoms with Crippen molar-refractivity contribution in [3.63, 3.8) is 0 Å². The van der Waals surface area contributed by atoms with Crippen LogP contribution >= 0.6 is 11.6 Å². The van der Waals surface area contributed by atoms with Crippen molar-refractivity contribution in [2.75, 3.05) is 11.9 Å². The van der Waals surface area contributed by atoms with Crippen LogP contribution < -0.4 is 16.0 Å². The van der Waals surface area contributed by atoms with Crippen molar-refractivity contribution in [1.82, 2.24) is 20.6 Å². The standard InChI is InChI=1S/C22H27ClFN5O4/c1-22(2,33)10-25-20(31)17-18(27-11-26-17)21(32)28-14-6-3-12(4-7-14)19(30)29-16-8-5-13(24)9-15(16)23/h5,8-9,11-12,14,33H,3-4,6-7,10H2,1-2H3,(H,25,31)(H,26,27)(H,28,32)(H,29,30). The summed E-state index contributed by atoms with van der Waals surface area (Å²) in [5, 5.41) is 18.0. The molecule has 2 aromatic rings. The predicted molar refractivity (Wildman–Crippen MR) is 120 cm³/mol. The zero-order chi connectivity index (χ0) is 24.2. The van der Waals surface area contributed by atoms with Gasteiger partial charge in [-0.2, -0.15) is 0 Å². The Morgan fingerprint density at radius 2 is 1.91 bits per heavy atom. The second-order valence-electron chi connectivity index (χ2n) is 8.76. The van der Waals surface area contributed by atoms with E-state index >= 15 is 0 Å². The minimum Gasteiger partial charge on any atom is -0.389 e. The maximum atomic E-state index is 13.2. The first-order chi connectivity index (χ1) is 15.5. The van der Waals surface area contributed by atoms with Crippen LogP contribution in [0, 0.1) is 11.7 Å². The Labute approximate surface area is 195 Å². The molecule has 0 spiro atoms. The quantitative estimate of drug-likeness (QED) is 0.416. The number of nitrogens with zero attached hydrogens (tertiary/aromatic N) is 1. The smallest absolute Gasteiger partial charge is 0.272 e. The summed E-state index contributed by atoms with van der Waals surface area (Å²) >= 11 is 5.97. The largest absolute Gasteiger partial charge is 0.389 e. The lowest BCUT2D eigenvalue weighted by Crippen LogP contribution is -2.41. The molecule has 11 heteroatoms. The number of hydrogen-bond acceptors (Lipinski definition) is 5. The Morgan fingerprint density at radius 3 is 2.55 bits per heavy atom. The number of aromatic nitrogens is 2. The van der Waals surface area contributed by atoms with Crippen LogP contribution in [0.3, 0.4) is 0 Å². The Balaban J connectivity index is 1.51. The number of benzene rings is 1. The Hall–Kier alpha value is -2.98. The molecule has 0 bridgehead atoms. The Morgan fingerprint density at radius 1 is 1.21 bits per heavy atom. The number of imidazole rings is 1. The first kappa shape index (κ1) is 24.7. The predicted octanol–water partition coefficient (Wildman–Crippen LogP) is 2.63. The highest BCUT2D eigenvalue weighted by Gasteiger charge is 2.29. The lowest BCUT2D eigenvalue weighted by molar-refractivity contribution is -0.120. The number of nitrogens with one attached hydrogen (secondary N) is 4. The molecule has 1 saturated carbocycles. The van der Waals surface area contributed by atoms with Crippen LogP contribution in [0.1, 0.15) is 60.5 Å². The summed E-state index contributed by atoms with van der Waals surface area (Å²) in [5.74, 6) is -1.97. The zero-order valence-electron chi connectivity index (χ0n) is 18.4. The molecule has 1 aliphatic carbocycles. The van der Waals surface area contributed by atoms with E-state index < -0.39 is 23.2 Å². The summed E-state index contributed by atoms with van der Waals surface area (Å²) in [4.78, 5) is 44.2. The van der Waals surface area contributed by atoms with Crippen molar-refractivity contribution in [2.24, 2.45) is 5.92 Å². The SMILES string of the molecule is CC(C)(O)CNC(=O)c1[nH]cnc1C(=O)NC1CCC(C(=O)Nc2ccc(F)cc2Cl)CC1. The summed E-state index contributed by atoms with van der Waals surface area (Å²) in [5.41, 5.74) is -0.757. The number of H-pyrrole nitrogens is 1. The molecule has 1 fully saturated rings. The van der Waals surface area contributed by atoms with E-state index in [1.165, 1.54) is 18.5 Å². The molecule has 178 valence electrons. The van der Waals surface area contributed by atoms with Crippen LogP contribution in [0.4, 0.5) is 10.1 Å². The summed E-state index contributed by atoms with van der Waals surface area (Å²) in [6.07, 6.45) is 3.51. The number of aromatic amines is 1. The van der Waals surface area contributed by atoms with Crippen LogP contribution in [0.15, 0.2) is 24.5 Å². The molecule has 3 rings (SSSR count). The van der Waals surface area contributed by atoms with Gasteiger partial charge in [-0.15, -0.1) is 0 Å². The van der Waals surface area contributed by atoms with E-state index in [-0.39, 0.29) is 40.8 Å². The fourth-order valence-corrected chi connectivity index (χ4v) is 3.82. The molecule has 1 heterocycles. The summed E-state index contributed by atoms with van der Waals surface area (Å²) < 4.78 is 13.2. The van der Waals surface area contributed by atoms with E-state index in [2.05, 4.69) is 25.9 Å². The van der Waals surface area contributed by atoms with Crippen LogP contribution in [0.2, 0.25) is 5.02 Å². The van der Waals surface area contributed by atoms with Gasteiger partial charge in [0.05, 0.1) is 22.6 Å². The molecule has 0 saturated heterocycles. The first-order valence-electron chi connectivity index (χ1n) is 10.6. The van der Waals surface area contributed by atoms with Gasteiger partial charge in [0.1, 0.15) is 11.5 Å². The topological polar surface area (TPSA) is 136 Å². The fourth-order valence-electron chi connectivity index (χ4n) is 3.60. The van der Waals surface area contributed by atoms with Crippen molar-refractivity contribution >= 4 is 35.0 Å². The maximum absolute atomic E-state index is 13.2. The molecule has 1 aromatic carbocycles. The average Bonchev–Trinajstić information content (AvgIpc) is 3.24. The van der Waals surface area contributed by atoms with E-state index in [4.69, 9.17) is 11.6 Å². The monoisotopic (exact) mass is 479 g/mol. The molecular formula is C22H27ClFN5O4. The van der Waals surface area contributed by atoms with Gasteiger partial charge in [-0.1, -0.05) is 11.6 Å². The Bertz CT molecular complexity index is 1030. The number of carbonyl (C=O) groups excluding carboxylic acids is 3. The minimum atomic E-state index is -1.09. The number of aliphatic hydroxyl groups is 1. The van der Waals surface area contributed by atoms with E-state index in [1.54, 1.807) is 13.8 Å². The van der Waals surface area contributed by atoms with E-state index in [9.17, 15) is 23.9 Å². The van der Waals surface area contributed by atoms with Crippen LogP contribution in [-0.4, -0.2) is 51.0 Å². The fraction of sp³-hybridized carbons (Fsp3) is 0.455. The highest BCUT2D eigenvalue weighted by atomic mass is 35.5. The van der Waals surface area contributed by atoms with Crippen molar-refractivity contribution in [1.29, 1.82) is 0 Å². The maximum Gasteiger partial charge on any atom is 0.272 e. The summed E-state index contributed by atoms with van der Waals surface area (Å²) in [6.45, 7) is 3.12. The molecule has 3 amide bonds. The van der Waals surface area contributed by atoms with Crippen molar-refractivity contribution < 1.29 is 23.9 Å². The van der Waals surface area contributed by atoms with E-state index in [0.29, 0.717) is 31.4 Å². The highest BCUT2D eigenvalue weighted by Crippen LogP contribution is 2.28. The number of carbonyl (C=O) groups is 3.